The van der Waals surface area contributed by atoms with Crippen molar-refractivity contribution in [3.8, 4) is 0 Å². The van der Waals surface area contributed by atoms with Crippen LogP contribution in [0.5, 0.6) is 0 Å². The molecule has 0 unspecified atom stereocenters. The molecule has 234 valence electrons. The Kier molecular flexibility index (Phi) is 6.97. The Hall–Kier alpha value is -1.82. The van der Waals surface area contributed by atoms with Gasteiger partial charge in [0.15, 0.2) is 0 Å². The summed E-state index contributed by atoms with van der Waals surface area (Å²) in [4.78, 5) is 0. The van der Waals surface area contributed by atoms with Gasteiger partial charge in [-0.15, -0.1) is 0 Å². The molecule has 0 bridgehead atoms. The maximum Gasteiger partial charge on any atom is 0.435 e. The van der Waals surface area contributed by atoms with E-state index in [9.17, 15) is 114 Å². The van der Waals surface area contributed by atoms with Crippen molar-refractivity contribution >= 4 is 0 Å². The fourth-order valence-electron chi connectivity index (χ4n) is 2.76. The highest BCUT2D eigenvalue weighted by molar-refractivity contribution is 5.28. The molecule has 2 fully saturated rings. The molecule has 0 saturated heterocycles. The van der Waals surface area contributed by atoms with Crippen molar-refractivity contribution in [2.75, 3.05) is 0 Å². The van der Waals surface area contributed by atoms with Gasteiger partial charge in [-0.1, -0.05) is 0 Å². The third kappa shape index (κ3) is 3.19. The highest BCUT2D eigenvalue weighted by Gasteiger charge is 3.06. The van der Waals surface area contributed by atoms with Gasteiger partial charge in [0, 0.05) is 0 Å². The van der Waals surface area contributed by atoms with E-state index in [4.69, 9.17) is 0 Å². The number of alkyl halides is 26. The van der Waals surface area contributed by atoms with Crippen molar-refractivity contribution in [3.63, 3.8) is 0 Å². The van der Waals surface area contributed by atoms with Crippen molar-refractivity contribution < 1.29 is 114 Å². The molecule has 0 N–H and O–H groups in total. The van der Waals surface area contributed by atoms with Crippen LogP contribution in [0.2, 0.25) is 0 Å². The Morgan fingerprint density at radius 3 is 0.410 bits per heavy atom. The van der Waals surface area contributed by atoms with Gasteiger partial charge in [-0.05, 0) is 0 Å². The van der Waals surface area contributed by atoms with Crippen LogP contribution < -0.4 is 0 Å². The number of hydrogen-bond acceptors (Lipinski definition) is 0. The van der Waals surface area contributed by atoms with Crippen LogP contribution in [0.4, 0.5) is 114 Å². The summed E-state index contributed by atoms with van der Waals surface area (Å²) in [5, 5.41) is 0. The molecule has 0 nitrogen and oxygen atoms in total. The lowest BCUT2D eigenvalue weighted by Crippen LogP contribution is -2.86. The van der Waals surface area contributed by atoms with Crippen LogP contribution in [-0.2, 0) is 0 Å². The summed E-state index contributed by atoms with van der Waals surface area (Å²) >= 11 is 0. The summed E-state index contributed by atoms with van der Waals surface area (Å²) in [5.74, 6) is -83.0. The Balaban J connectivity index is 0.000000395. The van der Waals surface area contributed by atoms with Gasteiger partial charge in [0.05, 0.1) is 0 Å². The van der Waals surface area contributed by atoms with Gasteiger partial charge >= 0.3 is 77.0 Å². The van der Waals surface area contributed by atoms with Gasteiger partial charge in [0.2, 0.25) is 0 Å². The first-order chi connectivity index (χ1) is 16.2. The fourth-order valence-corrected chi connectivity index (χ4v) is 2.76. The second-order valence-corrected chi connectivity index (χ2v) is 7.47. The van der Waals surface area contributed by atoms with E-state index in [1.54, 1.807) is 0 Å². The summed E-state index contributed by atoms with van der Waals surface area (Å²) in [6.45, 7) is 0. The van der Waals surface area contributed by atoms with Gasteiger partial charge in [0.25, 0.3) is 0 Å². The second-order valence-electron chi connectivity index (χ2n) is 7.47. The molecule has 39 heavy (non-hydrogen) atoms. The summed E-state index contributed by atoms with van der Waals surface area (Å²) < 4.78 is 323. The van der Waals surface area contributed by atoms with Crippen LogP contribution in [0.25, 0.3) is 0 Å². The topological polar surface area (TPSA) is 0 Å². The van der Waals surface area contributed by atoms with Gasteiger partial charge in [-0.3, -0.25) is 0 Å². The molecule has 0 amide bonds. The van der Waals surface area contributed by atoms with E-state index in [1.165, 1.54) is 0 Å². The van der Waals surface area contributed by atoms with Gasteiger partial charge in [-0.25, -0.2) is 4.39 Å². The number of halogens is 26. The molecule has 2 aliphatic carbocycles. The molecule has 0 aliphatic heterocycles. The third-order valence-corrected chi connectivity index (χ3v) is 5.20. The largest absolute Gasteiger partial charge is 0.435 e. The van der Waals surface area contributed by atoms with Crippen molar-refractivity contribution in [2.45, 2.75) is 77.0 Å². The normalized spacial score (nSPS) is 32.8. The summed E-state index contributed by atoms with van der Waals surface area (Å²) in [6, 6.07) is 0. The molecule has 0 aromatic heterocycles. The lowest BCUT2D eigenvalue weighted by atomic mass is 9.72. The SMILES string of the molecule is FC(F)(F)C1(F)C(F)(F)C(F)(F)C(F)(F)C(F)(F)C1(F)F.FC1(F)C(F)(F)C(F)(F)C(F)(F)C(F)(F)C1(F)F. The van der Waals surface area contributed by atoms with Gasteiger partial charge in [0.1, 0.15) is 0 Å². The highest BCUT2D eigenvalue weighted by Crippen LogP contribution is 2.73. The molecule has 2 saturated carbocycles. The zero-order valence-corrected chi connectivity index (χ0v) is 16.3. The summed E-state index contributed by atoms with van der Waals surface area (Å²) in [6.07, 6.45) is -7.70. The standard InChI is InChI=1S/C7F14.C6F12/c8-1(7(19,20)21)2(9,10)4(13,14)6(17,18)5(15,16)3(1,11)12;7-1(8)2(9,10)4(13,14)6(17,18)5(15,16)3(1,11)12. The Morgan fingerprint density at radius 2 is 0.308 bits per heavy atom. The Morgan fingerprint density at radius 1 is 0.205 bits per heavy atom. The van der Waals surface area contributed by atoms with E-state index in [-0.39, 0.29) is 0 Å². The molecule has 0 aromatic rings. The predicted molar refractivity (Wildman–Crippen MR) is 64.3 cm³/mol. The van der Waals surface area contributed by atoms with E-state index in [0.717, 1.165) is 0 Å². The molecule has 2 rings (SSSR count). The van der Waals surface area contributed by atoms with Crippen LogP contribution in [0, 0.1) is 0 Å². The first-order valence-electron chi connectivity index (χ1n) is 8.16. The monoisotopic (exact) mass is 650 g/mol. The minimum Gasteiger partial charge on any atom is -0.219 e. The van der Waals surface area contributed by atoms with E-state index in [1.807, 2.05) is 0 Å². The average molecular weight is 650 g/mol. The number of rotatable bonds is 0. The first-order valence-corrected chi connectivity index (χ1v) is 8.16. The zero-order valence-electron chi connectivity index (χ0n) is 16.3. The molecule has 0 heterocycles. The lowest BCUT2D eigenvalue weighted by Gasteiger charge is -2.52. The van der Waals surface area contributed by atoms with Crippen molar-refractivity contribution in [1.29, 1.82) is 0 Å². The fraction of sp³-hybridized carbons (Fsp3) is 1.00. The van der Waals surface area contributed by atoms with Crippen LogP contribution in [-0.4, -0.2) is 77.0 Å². The molecular formula is C13F26. The zero-order chi connectivity index (χ0) is 32.5. The van der Waals surface area contributed by atoms with Crippen molar-refractivity contribution in [2.24, 2.45) is 0 Å². The lowest BCUT2D eigenvalue weighted by molar-refractivity contribution is -0.515. The smallest absolute Gasteiger partial charge is 0.219 e. The van der Waals surface area contributed by atoms with Gasteiger partial charge in [-0.2, -0.15) is 110 Å². The van der Waals surface area contributed by atoms with Crippen molar-refractivity contribution in [1.82, 2.24) is 0 Å². The van der Waals surface area contributed by atoms with Crippen LogP contribution in [0.15, 0.2) is 0 Å². The molecule has 26 heteroatoms. The van der Waals surface area contributed by atoms with Crippen LogP contribution >= 0.6 is 0 Å². The minimum atomic E-state index is -7.91. The predicted octanol–water partition coefficient (Wildman–Crippen LogP) is 8.26. The Bertz CT molecular complexity index is 814. The average Bonchev–Trinajstić information content (AvgIpc) is 2.69. The first kappa shape index (κ1) is 35.2. The molecule has 0 atom stereocenters. The van der Waals surface area contributed by atoms with E-state index in [0.29, 0.717) is 0 Å². The van der Waals surface area contributed by atoms with Crippen molar-refractivity contribution in [3.05, 3.63) is 0 Å². The second kappa shape index (κ2) is 7.72. The number of hydrogen-bond donors (Lipinski definition) is 0. The summed E-state index contributed by atoms with van der Waals surface area (Å²) in [5.41, 5.74) is -7.91. The maximum atomic E-state index is 13.1. The third-order valence-electron chi connectivity index (χ3n) is 5.20. The van der Waals surface area contributed by atoms with Gasteiger partial charge < -0.3 is 0 Å². The quantitative estimate of drug-likeness (QED) is 0.232. The van der Waals surface area contributed by atoms with Crippen LogP contribution in [0.3, 0.4) is 0 Å². The van der Waals surface area contributed by atoms with E-state index in [2.05, 4.69) is 0 Å². The Labute approximate surface area is 192 Å². The molecule has 2 aliphatic rings. The summed E-state index contributed by atoms with van der Waals surface area (Å²) in [7, 11) is 0. The molecule has 0 aromatic carbocycles. The van der Waals surface area contributed by atoms with E-state index >= 15 is 0 Å². The minimum absolute atomic E-state index is 7.35. The van der Waals surface area contributed by atoms with E-state index < -0.39 is 77.0 Å². The molecular weight excluding hydrogens is 650 g/mol. The maximum absolute atomic E-state index is 13.1. The molecule has 0 spiro atoms. The molecule has 0 radical (unpaired) electrons. The van der Waals surface area contributed by atoms with Crippen LogP contribution in [0.1, 0.15) is 0 Å². The highest BCUT2D eigenvalue weighted by atomic mass is 19.4.